The molecule has 1 fully saturated rings. The molecule has 20 heavy (non-hydrogen) atoms. The van der Waals surface area contributed by atoms with Crippen LogP contribution in [0.3, 0.4) is 0 Å². The molecule has 0 saturated carbocycles. The van der Waals surface area contributed by atoms with Crippen LogP contribution in [0.15, 0.2) is 28.2 Å². The average Bonchev–Trinajstić information content (AvgIpc) is 3.11. The van der Waals surface area contributed by atoms with Crippen molar-refractivity contribution in [3.63, 3.8) is 0 Å². The van der Waals surface area contributed by atoms with Gasteiger partial charge in [0.15, 0.2) is 10.8 Å². The monoisotopic (exact) mass is 291 g/mol. The Morgan fingerprint density at radius 1 is 1.60 bits per heavy atom. The van der Waals surface area contributed by atoms with Gasteiger partial charge in [-0.2, -0.15) is 0 Å². The molecule has 1 saturated heterocycles. The van der Waals surface area contributed by atoms with Gasteiger partial charge < -0.3 is 14.6 Å². The smallest absolute Gasteiger partial charge is 0.274 e. The van der Waals surface area contributed by atoms with E-state index in [9.17, 15) is 9.59 Å². The number of nitrogens with zero attached hydrogens (tertiary/aromatic N) is 2. The molecule has 2 aromatic rings. The molecule has 2 aromatic heterocycles. The highest BCUT2D eigenvalue weighted by Crippen LogP contribution is 2.24. The SMILES string of the molecule is CC1C(=O)NCCN1C(=O)c1csc(-c2ccco2)n1. The van der Waals surface area contributed by atoms with Crippen molar-refractivity contribution in [1.82, 2.24) is 15.2 Å². The summed E-state index contributed by atoms with van der Waals surface area (Å²) in [5.41, 5.74) is 0.350. The molecule has 6 nitrogen and oxygen atoms in total. The highest BCUT2D eigenvalue weighted by molar-refractivity contribution is 7.13. The molecule has 1 unspecified atom stereocenters. The Balaban J connectivity index is 1.82. The largest absolute Gasteiger partial charge is 0.462 e. The third-order valence-electron chi connectivity index (χ3n) is 3.22. The van der Waals surface area contributed by atoms with Crippen molar-refractivity contribution in [2.45, 2.75) is 13.0 Å². The van der Waals surface area contributed by atoms with Gasteiger partial charge in [0.05, 0.1) is 6.26 Å². The van der Waals surface area contributed by atoms with E-state index in [-0.39, 0.29) is 11.8 Å². The first-order valence-corrected chi connectivity index (χ1v) is 7.13. The summed E-state index contributed by atoms with van der Waals surface area (Å²) in [7, 11) is 0. The van der Waals surface area contributed by atoms with E-state index in [1.807, 2.05) is 0 Å². The Kier molecular flexibility index (Phi) is 3.27. The van der Waals surface area contributed by atoms with Crippen molar-refractivity contribution in [3.05, 3.63) is 29.5 Å². The number of piperazine rings is 1. The molecule has 104 valence electrons. The molecule has 0 radical (unpaired) electrons. The van der Waals surface area contributed by atoms with Crippen LogP contribution in [0.25, 0.3) is 10.8 Å². The molecule has 1 aliphatic heterocycles. The van der Waals surface area contributed by atoms with E-state index in [1.165, 1.54) is 11.3 Å². The van der Waals surface area contributed by atoms with Crippen LogP contribution in [0.4, 0.5) is 0 Å². The summed E-state index contributed by atoms with van der Waals surface area (Å²) in [5.74, 6) is 0.283. The predicted molar refractivity (Wildman–Crippen MR) is 73.3 cm³/mol. The highest BCUT2D eigenvalue weighted by Gasteiger charge is 2.31. The fraction of sp³-hybridized carbons (Fsp3) is 0.308. The summed E-state index contributed by atoms with van der Waals surface area (Å²) in [5, 5.41) is 5.08. The zero-order valence-electron chi connectivity index (χ0n) is 10.8. The molecular weight excluding hydrogens is 278 g/mol. The lowest BCUT2D eigenvalue weighted by atomic mass is 10.2. The maximum absolute atomic E-state index is 12.4. The number of furan rings is 1. The molecule has 0 bridgehead atoms. The van der Waals surface area contributed by atoms with Gasteiger partial charge in [-0.3, -0.25) is 9.59 Å². The molecule has 0 aliphatic carbocycles. The molecule has 1 atom stereocenters. The van der Waals surface area contributed by atoms with Gasteiger partial charge in [0, 0.05) is 18.5 Å². The van der Waals surface area contributed by atoms with Crippen LogP contribution in [0.5, 0.6) is 0 Å². The molecule has 3 rings (SSSR count). The van der Waals surface area contributed by atoms with Crippen LogP contribution < -0.4 is 5.32 Å². The summed E-state index contributed by atoms with van der Waals surface area (Å²) in [6, 6.07) is 3.10. The number of carbonyl (C=O) groups excluding carboxylic acids is 2. The first-order valence-electron chi connectivity index (χ1n) is 6.25. The van der Waals surface area contributed by atoms with Gasteiger partial charge in [0.2, 0.25) is 5.91 Å². The van der Waals surface area contributed by atoms with Crippen LogP contribution in [0, 0.1) is 0 Å². The maximum Gasteiger partial charge on any atom is 0.274 e. The summed E-state index contributed by atoms with van der Waals surface area (Å²) >= 11 is 1.35. The lowest BCUT2D eigenvalue weighted by molar-refractivity contribution is -0.127. The minimum atomic E-state index is -0.468. The highest BCUT2D eigenvalue weighted by atomic mass is 32.1. The third kappa shape index (κ3) is 2.20. The van der Waals surface area contributed by atoms with Gasteiger partial charge in [-0.15, -0.1) is 11.3 Å². The zero-order valence-corrected chi connectivity index (χ0v) is 11.6. The normalized spacial score (nSPS) is 18.9. The molecule has 1 aliphatic rings. The maximum atomic E-state index is 12.4. The van der Waals surface area contributed by atoms with Crippen molar-refractivity contribution in [3.8, 4) is 10.8 Å². The van der Waals surface area contributed by atoms with Crippen LogP contribution in [-0.4, -0.2) is 40.8 Å². The molecule has 0 aromatic carbocycles. The van der Waals surface area contributed by atoms with Crippen LogP contribution >= 0.6 is 11.3 Å². The van der Waals surface area contributed by atoms with E-state index < -0.39 is 6.04 Å². The Bertz CT molecular complexity index is 635. The van der Waals surface area contributed by atoms with Gasteiger partial charge in [-0.1, -0.05) is 0 Å². The molecular formula is C13H13N3O3S. The fourth-order valence-corrected chi connectivity index (χ4v) is 2.85. The van der Waals surface area contributed by atoms with E-state index in [2.05, 4.69) is 10.3 Å². The second-order valence-corrected chi connectivity index (χ2v) is 5.34. The Hall–Kier alpha value is -2.15. The minimum absolute atomic E-state index is 0.133. The van der Waals surface area contributed by atoms with Gasteiger partial charge >= 0.3 is 0 Å². The summed E-state index contributed by atoms with van der Waals surface area (Å²) in [4.78, 5) is 29.8. The first kappa shape index (κ1) is 12.9. The lowest BCUT2D eigenvalue weighted by Gasteiger charge is -2.32. The van der Waals surface area contributed by atoms with Crippen molar-refractivity contribution >= 4 is 23.2 Å². The van der Waals surface area contributed by atoms with E-state index in [1.54, 1.807) is 35.6 Å². The van der Waals surface area contributed by atoms with Crippen molar-refractivity contribution in [2.75, 3.05) is 13.1 Å². The van der Waals surface area contributed by atoms with E-state index in [4.69, 9.17) is 4.42 Å². The van der Waals surface area contributed by atoms with Gasteiger partial charge in [0.25, 0.3) is 5.91 Å². The first-order chi connectivity index (χ1) is 9.66. The Morgan fingerprint density at radius 3 is 3.20 bits per heavy atom. The summed E-state index contributed by atoms with van der Waals surface area (Å²) < 4.78 is 5.26. The topological polar surface area (TPSA) is 75.4 Å². The number of thiazole rings is 1. The van der Waals surface area contributed by atoms with Crippen LogP contribution in [0.2, 0.25) is 0 Å². The van der Waals surface area contributed by atoms with Gasteiger partial charge in [-0.05, 0) is 19.1 Å². The van der Waals surface area contributed by atoms with Crippen molar-refractivity contribution in [2.24, 2.45) is 0 Å². The standard InChI is InChI=1S/C13H13N3O3S/c1-8-11(17)14-4-5-16(8)13(18)9-7-20-12(15-9)10-3-2-6-19-10/h2-3,6-8H,4-5H2,1H3,(H,14,17). The number of carbonyl (C=O) groups is 2. The molecule has 1 N–H and O–H groups in total. The molecule has 0 spiro atoms. The quantitative estimate of drug-likeness (QED) is 0.906. The van der Waals surface area contributed by atoms with Crippen molar-refractivity contribution < 1.29 is 14.0 Å². The van der Waals surface area contributed by atoms with Gasteiger partial charge in [-0.25, -0.2) is 4.98 Å². The molecule has 3 heterocycles. The zero-order chi connectivity index (χ0) is 14.1. The van der Waals surface area contributed by atoms with E-state index in [0.717, 1.165) is 0 Å². The number of nitrogens with one attached hydrogen (secondary N) is 1. The second kappa shape index (κ2) is 5.09. The summed E-state index contributed by atoms with van der Waals surface area (Å²) in [6.45, 7) is 2.69. The predicted octanol–water partition coefficient (Wildman–Crippen LogP) is 1.36. The van der Waals surface area contributed by atoms with Gasteiger partial charge in [0.1, 0.15) is 11.7 Å². The number of rotatable bonds is 2. The molecule has 2 amide bonds. The minimum Gasteiger partial charge on any atom is -0.462 e. The van der Waals surface area contributed by atoms with E-state index >= 15 is 0 Å². The number of aromatic nitrogens is 1. The lowest BCUT2D eigenvalue weighted by Crippen LogP contribution is -2.55. The van der Waals surface area contributed by atoms with Crippen LogP contribution in [0.1, 0.15) is 17.4 Å². The number of hydrogen-bond acceptors (Lipinski definition) is 5. The third-order valence-corrected chi connectivity index (χ3v) is 4.07. The average molecular weight is 291 g/mol. The van der Waals surface area contributed by atoms with Crippen molar-refractivity contribution in [1.29, 1.82) is 0 Å². The Labute approximate surface area is 119 Å². The second-order valence-electron chi connectivity index (χ2n) is 4.48. The molecule has 7 heteroatoms. The summed E-state index contributed by atoms with van der Waals surface area (Å²) in [6.07, 6.45) is 1.56. The number of hydrogen-bond donors (Lipinski definition) is 1. The van der Waals surface area contributed by atoms with Crippen LogP contribution in [-0.2, 0) is 4.79 Å². The fourth-order valence-electron chi connectivity index (χ4n) is 2.09. The number of amides is 2. The Morgan fingerprint density at radius 2 is 2.45 bits per heavy atom. The van der Waals surface area contributed by atoms with E-state index in [0.29, 0.717) is 29.6 Å².